The zero-order valence-electron chi connectivity index (χ0n) is 12.4. The van der Waals surface area contributed by atoms with Crippen molar-refractivity contribution in [2.75, 3.05) is 6.54 Å². The second-order valence-electron chi connectivity index (χ2n) is 5.36. The molecule has 0 spiro atoms. The molecule has 0 saturated carbocycles. The minimum Gasteiger partial charge on any atom is -0.310 e. The van der Waals surface area contributed by atoms with E-state index in [1.54, 1.807) is 15.7 Å². The van der Waals surface area contributed by atoms with Crippen LogP contribution >= 0.6 is 11.6 Å². The monoisotopic (exact) mass is 296 g/mol. The highest BCUT2D eigenvalue weighted by atomic mass is 35.5. The van der Waals surface area contributed by atoms with E-state index < -0.39 is 0 Å². The summed E-state index contributed by atoms with van der Waals surface area (Å²) in [6, 6.07) is 0. The first-order valence-corrected chi connectivity index (χ1v) is 7.12. The minimum atomic E-state index is 0.593. The van der Waals surface area contributed by atoms with Gasteiger partial charge in [0.25, 0.3) is 0 Å². The zero-order chi connectivity index (χ0) is 14.7. The Labute approximate surface area is 124 Å². The quantitative estimate of drug-likeness (QED) is 0.882. The van der Waals surface area contributed by atoms with Crippen LogP contribution in [0.2, 0.25) is 5.15 Å². The molecule has 2 rings (SSSR count). The summed E-state index contributed by atoms with van der Waals surface area (Å²) < 4.78 is 3.47. The molecule has 6 nitrogen and oxygen atoms in total. The third-order valence-electron chi connectivity index (χ3n) is 3.01. The third kappa shape index (κ3) is 3.58. The second kappa shape index (κ2) is 6.37. The van der Waals surface area contributed by atoms with Crippen LogP contribution in [0.1, 0.15) is 30.9 Å². The van der Waals surface area contributed by atoms with E-state index in [1.165, 1.54) is 0 Å². The maximum absolute atomic E-state index is 6.22. The average Bonchev–Trinajstić information content (AvgIpc) is 2.90. The Balaban J connectivity index is 1.99. The number of nitrogens with zero attached hydrogens (tertiary/aromatic N) is 5. The lowest BCUT2D eigenvalue weighted by Gasteiger charge is -2.04. The molecule has 20 heavy (non-hydrogen) atoms. The van der Waals surface area contributed by atoms with Crippen LogP contribution in [0.5, 0.6) is 0 Å². The Bertz CT molecular complexity index is 571. The number of aromatic nitrogens is 5. The first kappa shape index (κ1) is 15.0. The molecule has 0 atom stereocenters. The van der Waals surface area contributed by atoms with E-state index in [0.717, 1.165) is 23.6 Å². The van der Waals surface area contributed by atoms with Crippen LogP contribution in [0, 0.1) is 12.8 Å². The fraction of sp³-hybridized carbons (Fsp3) is 0.615. The Morgan fingerprint density at radius 1 is 1.35 bits per heavy atom. The summed E-state index contributed by atoms with van der Waals surface area (Å²) in [5.41, 5.74) is 1.91. The standard InChI is InChI=1S/C13H21ClN6/c1-9(2)5-15-6-12-16-8-20(18-12)7-11-10(3)17-19(4)13(11)14/h8-9,15H,5-7H2,1-4H3. The molecule has 0 bridgehead atoms. The van der Waals surface area contributed by atoms with Crippen LogP contribution in [0.25, 0.3) is 0 Å². The first-order valence-electron chi connectivity index (χ1n) is 6.74. The molecule has 0 unspecified atom stereocenters. The van der Waals surface area contributed by atoms with Gasteiger partial charge < -0.3 is 5.32 Å². The molecule has 2 aromatic heterocycles. The summed E-state index contributed by atoms with van der Waals surface area (Å²) >= 11 is 6.22. The van der Waals surface area contributed by atoms with Crippen LogP contribution in [0.15, 0.2) is 6.33 Å². The molecule has 2 heterocycles. The van der Waals surface area contributed by atoms with E-state index in [4.69, 9.17) is 11.6 Å². The minimum absolute atomic E-state index is 0.593. The summed E-state index contributed by atoms with van der Waals surface area (Å²) in [7, 11) is 1.83. The second-order valence-corrected chi connectivity index (χ2v) is 5.72. The molecule has 0 aliphatic rings. The maximum Gasteiger partial charge on any atom is 0.164 e. The summed E-state index contributed by atoms with van der Waals surface area (Å²) in [5, 5.41) is 12.7. The average molecular weight is 297 g/mol. The van der Waals surface area contributed by atoms with E-state index in [9.17, 15) is 0 Å². The van der Waals surface area contributed by atoms with Crippen LogP contribution in [0.4, 0.5) is 0 Å². The van der Waals surface area contributed by atoms with Crippen molar-refractivity contribution in [3.63, 3.8) is 0 Å². The van der Waals surface area contributed by atoms with Gasteiger partial charge in [-0.15, -0.1) is 0 Å². The summed E-state index contributed by atoms with van der Waals surface area (Å²) in [6.45, 7) is 8.53. The van der Waals surface area contributed by atoms with Crippen LogP contribution in [-0.2, 0) is 20.1 Å². The van der Waals surface area contributed by atoms with Crippen LogP contribution in [-0.4, -0.2) is 31.1 Å². The smallest absolute Gasteiger partial charge is 0.164 e. The van der Waals surface area contributed by atoms with Crippen LogP contribution in [0.3, 0.4) is 0 Å². The molecule has 7 heteroatoms. The van der Waals surface area contributed by atoms with E-state index in [1.807, 2.05) is 14.0 Å². The Hall–Kier alpha value is -1.40. The van der Waals surface area contributed by atoms with Gasteiger partial charge >= 0.3 is 0 Å². The van der Waals surface area contributed by atoms with Gasteiger partial charge in [-0.25, -0.2) is 9.67 Å². The lowest BCUT2D eigenvalue weighted by molar-refractivity contribution is 0.539. The van der Waals surface area contributed by atoms with Crippen molar-refractivity contribution in [3.8, 4) is 0 Å². The van der Waals surface area contributed by atoms with Crippen molar-refractivity contribution in [3.05, 3.63) is 28.6 Å². The molecular weight excluding hydrogens is 276 g/mol. The number of rotatable bonds is 6. The van der Waals surface area contributed by atoms with Gasteiger partial charge in [-0.3, -0.25) is 4.68 Å². The molecule has 0 fully saturated rings. The number of aryl methyl sites for hydroxylation is 2. The predicted octanol–water partition coefficient (Wildman–Crippen LogP) is 1.77. The third-order valence-corrected chi connectivity index (χ3v) is 3.48. The van der Waals surface area contributed by atoms with Gasteiger partial charge in [-0.05, 0) is 19.4 Å². The summed E-state index contributed by atoms with van der Waals surface area (Å²) in [6.07, 6.45) is 1.73. The molecular formula is C13H21ClN6. The Kier molecular flexibility index (Phi) is 4.77. The fourth-order valence-electron chi connectivity index (χ4n) is 1.98. The van der Waals surface area contributed by atoms with Crippen molar-refractivity contribution in [1.29, 1.82) is 0 Å². The van der Waals surface area contributed by atoms with Gasteiger partial charge in [-0.2, -0.15) is 10.2 Å². The van der Waals surface area contributed by atoms with Gasteiger partial charge in [0.15, 0.2) is 5.82 Å². The van der Waals surface area contributed by atoms with E-state index in [2.05, 4.69) is 34.3 Å². The molecule has 0 saturated heterocycles. The molecule has 0 aliphatic heterocycles. The molecule has 0 amide bonds. The lowest BCUT2D eigenvalue weighted by Crippen LogP contribution is -2.19. The van der Waals surface area contributed by atoms with Crippen molar-refractivity contribution in [1.82, 2.24) is 29.9 Å². The van der Waals surface area contributed by atoms with E-state index >= 15 is 0 Å². The fourth-order valence-corrected chi connectivity index (χ4v) is 2.21. The lowest BCUT2D eigenvalue weighted by atomic mass is 10.2. The number of halogens is 1. The topological polar surface area (TPSA) is 60.6 Å². The van der Waals surface area contributed by atoms with Crippen molar-refractivity contribution >= 4 is 11.6 Å². The highest BCUT2D eigenvalue weighted by Gasteiger charge is 2.12. The van der Waals surface area contributed by atoms with E-state index in [-0.39, 0.29) is 0 Å². The highest BCUT2D eigenvalue weighted by Crippen LogP contribution is 2.19. The Morgan fingerprint density at radius 3 is 2.70 bits per heavy atom. The molecule has 2 aromatic rings. The molecule has 1 N–H and O–H groups in total. The number of nitrogens with one attached hydrogen (secondary N) is 1. The van der Waals surface area contributed by atoms with Crippen LogP contribution < -0.4 is 5.32 Å². The molecule has 0 radical (unpaired) electrons. The van der Waals surface area contributed by atoms with Gasteiger partial charge in [0, 0.05) is 12.6 Å². The molecule has 0 aliphatic carbocycles. The van der Waals surface area contributed by atoms with Gasteiger partial charge in [-0.1, -0.05) is 25.4 Å². The zero-order valence-corrected chi connectivity index (χ0v) is 13.1. The summed E-state index contributed by atoms with van der Waals surface area (Å²) in [4.78, 5) is 4.29. The Morgan fingerprint density at radius 2 is 2.10 bits per heavy atom. The molecule has 0 aromatic carbocycles. The van der Waals surface area contributed by atoms with Gasteiger partial charge in [0.1, 0.15) is 11.5 Å². The number of hydrogen-bond donors (Lipinski definition) is 1. The van der Waals surface area contributed by atoms with Crippen molar-refractivity contribution < 1.29 is 0 Å². The van der Waals surface area contributed by atoms with Crippen molar-refractivity contribution in [2.45, 2.75) is 33.9 Å². The normalized spacial score (nSPS) is 11.5. The maximum atomic E-state index is 6.22. The summed E-state index contributed by atoms with van der Waals surface area (Å²) in [5.74, 6) is 1.41. The number of hydrogen-bond acceptors (Lipinski definition) is 4. The predicted molar refractivity (Wildman–Crippen MR) is 78.6 cm³/mol. The first-order chi connectivity index (χ1) is 9.47. The molecule has 110 valence electrons. The van der Waals surface area contributed by atoms with Gasteiger partial charge in [0.05, 0.1) is 18.8 Å². The largest absolute Gasteiger partial charge is 0.310 e. The van der Waals surface area contributed by atoms with Crippen molar-refractivity contribution in [2.24, 2.45) is 13.0 Å². The van der Waals surface area contributed by atoms with Gasteiger partial charge in [0.2, 0.25) is 0 Å². The van der Waals surface area contributed by atoms with E-state index in [0.29, 0.717) is 24.2 Å². The highest BCUT2D eigenvalue weighted by molar-refractivity contribution is 6.30. The SMILES string of the molecule is Cc1nn(C)c(Cl)c1Cn1cnc(CNCC(C)C)n1.